The molecule has 1 aliphatic heterocycles. The molecule has 16 heavy (non-hydrogen) atoms. The van der Waals surface area contributed by atoms with E-state index < -0.39 is 0 Å². The maximum atomic E-state index is 11.7. The lowest BCUT2D eigenvalue weighted by Gasteiger charge is -2.29. The lowest BCUT2D eigenvalue weighted by atomic mass is 9.87. The second kappa shape index (κ2) is 4.66. The van der Waals surface area contributed by atoms with Crippen molar-refractivity contribution in [3.63, 3.8) is 0 Å². The molecule has 1 aromatic rings. The van der Waals surface area contributed by atoms with Gasteiger partial charge < -0.3 is 10.1 Å². The van der Waals surface area contributed by atoms with Gasteiger partial charge in [-0.05, 0) is 17.7 Å². The Morgan fingerprint density at radius 3 is 3.00 bits per heavy atom. The SMILES string of the molecule is COc1cccc([C@H]2NCCC(=O)[C@H]2C)c1. The molecule has 1 aromatic carbocycles. The van der Waals surface area contributed by atoms with Crippen LogP contribution < -0.4 is 10.1 Å². The molecule has 0 aliphatic carbocycles. The molecule has 2 rings (SSSR count). The maximum Gasteiger partial charge on any atom is 0.138 e. The molecule has 0 bridgehead atoms. The number of nitrogens with one attached hydrogen (secondary N) is 1. The zero-order chi connectivity index (χ0) is 11.5. The summed E-state index contributed by atoms with van der Waals surface area (Å²) >= 11 is 0. The fourth-order valence-electron chi connectivity index (χ4n) is 2.18. The van der Waals surface area contributed by atoms with E-state index in [9.17, 15) is 4.79 Å². The highest BCUT2D eigenvalue weighted by Crippen LogP contribution is 2.28. The van der Waals surface area contributed by atoms with Gasteiger partial charge in [-0.1, -0.05) is 19.1 Å². The third kappa shape index (κ3) is 2.09. The molecule has 0 amide bonds. The van der Waals surface area contributed by atoms with Gasteiger partial charge in [0.15, 0.2) is 0 Å². The highest BCUT2D eigenvalue weighted by Gasteiger charge is 2.28. The van der Waals surface area contributed by atoms with Crippen molar-refractivity contribution in [1.82, 2.24) is 5.32 Å². The number of carbonyl (C=O) groups excluding carboxylic acids is 1. The Kier molecular flexibility index (Phi) is 3.25. The van der Waals surface area contributed by atoms with E-state index in [2.05, 4.69) is 5.32 Å². The highest BCUT2D eigenvalue weighted by atomic mass is 16.5. The average Bonchev–Trinajstić information content (AvgIpc) is 2.33. The largest absolute Gasteiger partial charge is 0.497 e. The van der Waals surface area contributed by atoms with E-state index >= 15 is 0 Å². The van der Waals surface area contributed by atoms with Gasteiger partial charge >= 0.3 is 0 Å². The van der Waals surface area contributed by atoms with Gasteiger partial charge in [-0.2, -0.15) is 0 Å². The van der Waals surface area contributed by atoms with Crippen LogP contribution in [-0.4, -0.2) is 19.4 Å². The van der Waals surface area contributed by atoms with Gasteiger partial charge in [0.1, 0.15) is 11.5 Å². The van der Waals surface area contributed by atoms with Crippen molar-refractivity contribution in [1.29, 1.82) is 0 Å². The van der Waals surface area contributed by atoms with Crippen molar-refractivity contribution < 1.29 is 9.53 Å². The Hall–Kier alpha value is -1.35. The summed E-state index contributed by atoms with van der Waals surface area (Å²) in [6.07, 6.45) is 0.641. The van der Waals surface area contributed by atoms with Crippen LogP contribution in [0.3, 0.4) is 0 Å². The van der Waals surface area contributed by atoms with E-state index in [1.165, 1.54) is 0 Å². The number of methoxy groups -OCH3 is 1. The molecule has 0 unspecified atom stereocenters. The molecule has 1 saturated heterocycles. The zero-order valence-electron chi connectivity index (χ0n) is 9.69. The normalized spacial score (nSPS) is 25.5. The number of benzene rings is 1. The number of Topliss-reactive ketones (excluding diaryl/α,β-unsaturated/α-hetero) is 1. The van der Waals surface area contributed by atoms with Gasteiger partial charge in [-0.25, -0.2) is 0 Å². The fourth-order valence-corrected chi connectivity index (χ4v) is 2.18. The van der Waals surface area contributed by atoms with E-state index in [0.717, 1.165) is 17.9 Å². The molecule has 1 aliphatic rings. The molecule has 3 heteroatoms. The van der Waals surface area contributed by atoms with Crippen LogP contribution in [0.25, 0.3) is 0 Å². The predicted octanol–water partition coefficient (Wildman–Crippen LogP) is 1.93. The first kappa shape index (κ1) is 11.1. The lowest BCUT2D eigenvalue weighted by Crippen LogP contribution is -2.38. The molecule has 0 saturated carbocycles. The van der Waals surface area contributed by atoms with Crippen LogP contribution in [0.2, 0.25) is 0 Å². The van der Waals surface area contributed by atoms with Crippen molar-refractivity contribution in [2.75, 3.05) is 13.7 Å². The maximum absolute atomic E-state index is 11.7. The molecule has 1 N–H and O–H groups in total. The van der Waals surface area contributed by atoms with E-state index in [0.29, 0.717) is 12.2 Å². The molecule has 2 atom stereocenters. The molecular weight excluding hydrogens is 202 g/mol. The first-order valence-electron chi connectivity index (χ1n) is 5.62. The number of ether oxygens (including phenoxy) is 1. The van der Waals surface area contributed by atoms with E-state index in [1.54, 1.807) is 7.11 Å². The van der Waals surface area contributed by atoms with Crippen LogP contribution in [0, 0.1) is 5.92 Å². The molecule has 0 aromatic heterocycles. The summed E-state index contributed by atoms with van der Waals surface area (Å²) in [6.45, 7) is 2.75. The van der Waals surface area contributed by atoms with Crippen LogP contribution in [0.4, 0.5) is 0 Å². The van der Waals surface area contributed by atoms with Crippen LogP contribution in [0.1, 0.15) is 24.9 Å². The molecule has 1 heterocycles. The van der Waals surface area contributed by atoms with E-state index in [4.69, 9.17) is 4.74 Å². The third-order valence-corrected chi connectivity index (χ3v) is 3.20. The third-order valence-electron chi connectivity index (χ3n) is 3.20. The quantitative estimate of drug-likeness (QED) is 0.826. The predicted molar refractivity (Wildman–Crippen MR) is 62.5 cm³/mol. The van der Waals surface area contributed by atoms with Crippen LogP contribution in [-0.2, 0) is 4.79 Å². The van der Waals surface area contributed by atoms with Crippen molar-refractivity contribution in [3.05, 3.63) is 29.8 Å². The van der Waals surface area contributed by atoms with Gasteiger partial charge in [-0.15, -0.1) is 0 Å². The summed E-state index contributed by atoms with van der Waals surface area (Å²) in [6, 6.07) is 8.03. The van der Waals surface area contributed by atoms with Crippen LogP contribution >= 0.6 is 0 Å². The molecule has 3 nitrogen and oxygen atoms in total. The summed E-state index contributed by atoms with van der Waals surface area (Å²) in [5.41, 5.74) is 1.12. The second-order valence-corrected chi connectivity index (χ2v) is 4.21. The van der Waals surface area contributed by atoms with Crippen molar-refractivity contribution in [2.45, 2.75) is 19.4 Å². The van der Waals surface area contributed by atoms with Crippen LogP contribution in [0.15, 0.2) is 24.3 Å². The lowest BCUT2D eigenvalue weighted by molar-refractivity contribution is -0.124. The first-order valence-corrected chi connectivity index (χ1v) is 5.62. The monoisotopic (exact) mass is 219 g/mol. The number of ketones is 1. The van der Waals surface area contributed by atoms with Crippen molar-refractivity contribution in [3.8, 4) is 5.75 Å². The topological polar surface area (TPSA) is 38.3 Å². The van der Waals surface area contributed by atoms with Gasteiger partial charge in [0.2, 0.25) is 0 Å². The van der Waals surface area contributed by atoms with E-state index in [1.807, 2.05) is 31.2 Å². The minimum atomic E-state index is 0.0425. The Bertz CT molecular complexity index is 389. The molecule has 0 spiro atoms. The Morgan fingerprint density at radius 2 is 2.25 bits per heavy atom. The van der Waals surface area contributed by atoms with Crippen molar-refractivity contribution >= 4 is 5.78 Å². The summed E-state index contributed by atoms with van der Waals surface area (Å²) in [7, 11) is 1.65. The number of carbonyl (C=O) groups is 1. The smallest absolute Gasteiger partial charge is 0.138 e. The summed E-state index contributed by atoms with van der Waals surface area (Å²) in [5.74, 6) is 1.22. The molecular formula is C13H17NO2. The Balaban J connectivity index is 2.25. The van der Waals surface area contributed by atoms with Gasteiger partial charge in [-0.3, -0.25) is 4.79 Å². The summed E-state index contributed by atoms with van der Waals surface area (Å²) in [4.78, 5) is 11.7. The molecule has 1 fully saturated rings. The molecule has 86 valence electrons. The van der Waals surface area contributed by atoms with Crippen LogP contribution in [0.5, 0.6) is 5.75 Å². The first-order chi connectivity index (χ1) is 7.72. The second-order valence-electron chi connectivity index (χ2n) is 4.21. The minimum Gasteiger partial charge on any atom is -0.497 e. The van der Waals surface area contributed by atoms with Crippen molar-refractivity contribution in [2.24, 2.45) is 5.92 Å². The Morgan fingerprint density at radius 1 is 1.44 bits per heavy atom. The summed E-state index contributed by atoms with van der Waals surface area (Å²) < 4.78 is 5.20. The Labute approximate surface area is 95.8 Å². The number of hydrogen-bond donors (Lipinski definition) is 1. The van der Waals surface area contributed by atoms with Gasteiger partial charge in [0.25, 0.3) is 0 Å². The summed E-state index contributed by atoms with van der Waals surface area (Å²) in [5, 5.41) is 3.39. The standard InChI is InChI=1S/C13H17NO2/c1-9-12(15)6-7-14-13(9)10-4-3-5-11(8-10)16-2/h3-5,8-9,13-14H,6-7H2,1-2H3/t9-,13+/m1/s1. The van der Waals surface area contributed by atoms with E-state index in [-0.39, 0.29) is 12.0 Å². The zero-order valence-corrected chi connectivity index (χ0v) is 9.69. The highest BCUT2D eigenvalue weighted by molar-refractivity contribution is 5.82. The fraction of sp³-hybridized carbons (Fsp3) is 0.462. The molecule has 0 radical (unpaired) electrons. The minimum absolute atomic E-state index is 0.0425. The number of piperidine rings is 1. The number of hydrogen-bond acceptors (Lipinski definition) is 3. The average molecular weight is 219 g/mol. The van der Waals surface area contributed by atoms with Gasteiger partial charge in [0, 0.05) is 24.9 Å². The number of rotatable bonds is 2. The van der Waals surface area contributed by atoms with Gasteiger partial charge in [0.05, 0.1) is 7.11 Å².